The number of alkyl halides is 3. The van der Waals surface area contributed by atoms with Crippen LogP contribution in [-0.4, -0.2) is 51.4 Å². The van der Waals surface area contributed by atoms with Crippen LogP contribution in [0.25, 0.3) is 5.65 Å². The molecule has 1 N–H and O–H groups in total. The number of nitrogens with one attached hydrogen (secondary N) is 1. The van der Waals surface area contributed by atoms with Crippen molar-refractivity contribution in [3.63, 3.8) is 0 Å². The molecule has 1 aliphatic carbocycles. The van der Waals surface area contributed by atoms with E-state index in [-0.39, 0.29) is 35.4 Å². The lowest BCUT2D eigenvalue weighted by Gasteiger charge is -2.21. The third-order valence-corrected chi connectivity index (χ3v) is 6.83. The van der Waals surface area contributed by atoms with Gasteiger partial charge in [0.1, 0.15) is 0 Å². The lowest BCUT2D eigenvalue weighted by atomic mass is 9.91. The molecule has 2 aliphatic rings. The first-order valence-electron chi connectivity index (χ1n) is 10.8. The highest BCUT2D eigenvalue weighted by Crippen LogP contribution is 2.49. The van der Waals surface area contributed by atoms with E-state index in [0.717, 1.165) is 6.07 Å². The zero-order valence-corrected chi connectivity index (χ0v) is 17.8. The number of aromatic nitrogens is 3. The SMILES string of the molecule is CNC(=O)c1ccc2nnc(C(=O)N3C[C@H]4C[C@@H](c5ccccc5C(F)(F)F)C[C@H]4C3)n2c1. The molecule has 3 atom stereocenters. The van der Waals surface area contributed by atoms with Crippen LogP contribution in [0.2, 0.25) is 0 Å². The smallest absolute Gasteiger partial charge is 0.355 e. The van der Waals surface area contributed by atoms with Gasteiger partial charge in [0.25, 0.3) is 11.8 Å². The summed E-state index contributed by atoms with van der Waals surface area (Å²) in [7, 11) is 1.52. The lowest BCUT2D eigenvalue weighted by molar-refractivity contribution is -0.138. The zero-order chi connectivity index (χ0) is 23.3. The molecule has 0 spiro atoms. The second-order valence-electron chi connectivity index (χ2n) is 8.73. The standard InChI is InChI=1S/C23H22F3N5O2/c1-27-21(32)13-6-7-19-28-29-20(31(19)12-13)22(33)30-10-15-8-14(9-16(15)11-30)17-4-2-3-5-18(17)23(24,25)26/h2-7,12,14-16H,8-11H2,1H3,(H,27,32)/t14-,15-,16+. The zero-order valence-electron chi connectivity index (χ0n) is 17.8. The number of pyridine rings is 1. The van der Waals surface area contributed by atoms with Crippen LogP contribution in [0.4, 0.5) is 13.2 Å². The maximum Gasteiger partial charge on any atom is 0.416 e. The Morgan fingerprint density at radius 2 is 1.73 bits per heavy atom. The van der Waals surface area contributed by atoms with Crippen molar-refractivity contribution in [1.82, 2.24) is 24.8 Å². The second kappa shape index (κ2) is 7.86. The molecule has 0 unspecified atom stereocenters. The Balaban J connectivity index is 1.33. The van der Waals surface area contributed by atoms with Crippen molar-refractivity contribution in [2.45, 2.75) is 24.9 Å². The van der Waals surface area contributed by atoms with Crippen molar-refractivity contribution in [2.24, 2.45) is 11.8 Å². The molecule has 5 rings (SSSR count). The highest BCUT2D eigenvalue weighted by Gasteiger charge is 2.45. The minimum Gasteiger partial charge on any atom is -0.355 e. The van der Waals surface area contributed by atoms with E-state index >= 15 is 0 Å². The van der Waals surface area contributed by atoms with Crippen LogP contribution in [0.1, 0.15) is 50.9 Å². The van der Waals surface area contributed by atoms with E-state index in [0.29, 0.717) is 42.7 Å². The monoisotopic (exact) mass is 457 g/mol. The summed E-state index contributed by atoms with van der Waals surface area (Å²) < 4.78 is 41.9. The van der Waals surface area contributed by atoms with Gasteiger partial charge >= 0.3 is 6.18 Å². The van der Waals surface area contributed by atoms with Crippen LogP contribution in [-0.2, 0) is 6.18 Å². The first kappa shape index (κ1) is 21.4. The molecule has 3 aromatic rings. The van der Waals surface area contributed by atoms with Crippen LogP contribution >= 0.6 is 0 Å². The third kappa shape index (κ3) is 3.73. The molecule has 3 heterocycles. The number of halogens is 3. The van der Waals surface area contributed by atoms with Gasteiger partial charge in [-0.15, -0.1) is 10.2 Å². The predicted octanol–water partition coefficient (Wildman–Crippen LogP) is 3.37. The van der Waals surface area contributed by atoms with Crippen LogP contribution in [0, 0.1) is 11.8 Å². The molecule has 2 aromatic heterocycles. The van der Waals surface area contributed by atoms with E-state index in [2.05, 4.69) is 15.5 Å². The molecule has 33 heavy (non-hydrogen) atoms. The summed E-state index contributed by atoms with van der Waals surface area (Å²) in [6.45, 7) is 0.941. The van der Waals surface area contributed by atoms with E-state index < -0.39 is 11.7 Å². The highest BCUT2D eigenvalue weighted by molar-refractivity contribution is 5.95. The molecular weight excluding hydrogens is 435 g/mol. The topological polar surface area (TPSA) is 79.6 Å². The lowest BCUT2D eigenvalue weighted by Crippen LogP contribution is -2.31. The fourth-order valence-electron chi connectivity index (χ4n) is 5.29. The molecule has 2 amide bonds. The Morgan fingerprint density at radius 3 is 2.39 bits per heavy atom. The molecule has 0 bridgehead atoms. The normalized spacial score (nSPS) is 22.5. The molecule has 2 fully saturated rings. The summed E-state index contributed by atoms with van der Waals surface area (Å²) >= 11 is 0. The van der Waals surface area contributed by atoms with Crippen LogP contribution in [0.5, 0.6) is 0 Å². The summed E-state index contributed by atoms with van der Waals surface area (Å²) in [5.41, 5.74) is 0.616. The number of rotatable bonds is 3. The summed E-state index contributed by atoms with van der Waals surface area (Å²) in [5, 5.41) is 10.6. The maximum atomic E-state index is 13.5. The summed E-state index contributed by atoms with van der Waals surface area (Å²) in [6, 6.07) is 9.01. The fourth-order valence-corrected chi connectivity index (χ4v) is 5.29. The average molecular weight is 457 g/mol. The number of carbonyl (C=O) groups is 2. The van der Waals surface area contributed by atoms with E-state index in [1.54, 1.807) is 29.2 Å². The molecule has 1 saturated heterocycles. The van der Waals surface area contributed by atoms with Crippen molar-refractivity contribution in [2.75, 3.05) is 20.1 Å². The average Bonchev–Trinajstić information content (AvgIpc) is 3.50. The summed E-state index contributed by atoms with van der Waals surface area (Å²) in [6.07, 6.45) is -1.62. The van der Waals surface area contributed by atoms with Gasteiger partial charge in [0.2, 0.25) is 5.82 Å². The molecule has 1 aliphatic heterocycles. The van der Waals surface area contributed by atoms with Gasteiger partial charge in [0, 0.05) is 26.3 Å². The Labute approximate surface area is 187 Å². The van der Waals surface area contributed by atoms with Crippen molar-refractivity contribution >= 4 is 17.5 Å². The van der Waals surface area contributed by atoms with Gasteiger partial charge in [0.15, 0.2) is 5.65 Å². The Kier molecular flexibility index (Phi) is 5.10. The summed E-state index contributed by atoms with van der Waals surface area (Å²) in [5.74, 6) is -0.349. The number of hydrogen-bond acceptors (Lipinski definition) is 4. The van der Waals surface area contributed by atoms with Crippen LogP contribution < -0.4 is 5.32 Å². The number of fused-ring (bicyclic) bond motifs is 2. The minimum absolute atomic E-state index is 0.120. The van der Waals surface area contributed by atoms with E-state index in [4.69, 9.17) is 0 Å². The third-order valence-electron chi connectivity index (χ3n) is 6.83. The van der Waals surface area contributed by atoms with Gasteiger partial charge in [-0.1, -0.05) is 18.2 Å². The maximum absolute atomic E-state index is 13.5. The fraction of sp³-hybridized carbons (Fsp3) is 0.391. The van der Waals surface area contributed by atoms with Gasteiger partial charge in [-0.3, -0.25) is 14.0 Å². The van der Waals surface area contributed by atoms with Crippen molar-refractivity contribution in [3.8, 4) is 0 Å². The molecule has 1 saturated carbocycles. The molecule has 1 aromatic carbocycles. The largest absolute Gasteiger partial charge is 0.416 e. The number of likely N-dealkylation sites (tertiary alicyclic amines) is 1. The Hall–Kier alpha value is -3.43. The minimum atomic E-state index is -4.38. The van der Waals surface area contributed by atoms with Crippen LogP contribution in [0.15, 0.2) is 42.6 Å². The Bertz CT molecular complexity index is 1220. The van der Waals surface area contributed by atoms with E-state index in [9.17, 15) is 22.8 Å². The number of carbonyl (C=O) groups excluding carboxylic acids is 2. The second-order valence-corrected chi connectivity index (χ2v) is 8.73. The molecule has 10 heteroatoms. The van der Waals surface area contributed by atoms with Gasteiger partial charge in [0.05, 0.1) is 11.1 Å². The highest BCUT2D eigenvalue weighted by atomic mass is 19.4. The number of benzene rings is 1. The van der Waals surface area contributed by atoms with Crippen molar-refractivity contribution in [3.05, 3.63) is 65.1 Å². The van der Waals surface area contributed by atoms with E-state index in [1.165, 1.54) is 23.7 Å². The van der Waals surface area contributed by atoms with Gasteiger partial charge in [-0.05, 0) is 54.4 Å². The van der Waals surface area contributed by atoms with Crippen LogP contribution in [0.3, 0.4) is 0 Å². The van der Waals surface area contributed by atoms with Gasteiger partial charge in [-0.25, -0.2) is 0 Å². The van der Waals surface area contributed by atoms with Crippen molar-refractivity contribution < 1.29 is 22.8 Å². The molecule has 7 nitrogen and oxygen atoms in total. The predicted molar refractivity (Wildman–Crippen MR) is 113 cm³/mol. The molecule has 172 valence electrons. The summed E-state index contributed by atoms with van der Waals surface area (Å²) in [4.78, 5) is 26.8. The van der Waals surface area contributed by atoms with Crippen molar-refractivity contribution in [1.29, 1.82) is 0 Å². The first-order chi connectivity index (χ1) is 15.8. The molecular formula is C23H22F3N5O2. The number of hydrogen-bond donors (Lipinski definition) is 1. The van der Waals surface area contributed by atoms with Gasteiger partial charge in [-0.2, -0.15) is 13.2 Å². The van der Waals surface area contributed by atoms with E-state index in [1.807, 2.05) is 0 Å². The quantitative estimate of drug-likeness (QED) is 0.654. The Morgan fingerprint density at radius 1 is 1.03 bits per heavy atom. The molecule has 0 radical (unpaired) electrons. The number of nitrogens with zero attached hydrogens (tertiary/aromatic N) is 4. The number of amides is 2. The first-order valence-corrected chi connectivity index (χ1v) is 10.8. The van der Waals surface area contributed by atoms with Gasteiger partial charge < -0.3 is 10.2 Å².